The van der Waals surface area contributed by atoms with Crippen LogP contribution in [0.5, 0.6) is 0 Å². The molecule has 1 rings (SSSR count). The Bertz CT molecular complexity index is 418. The molecule has 0 N–H and O–H groups in total. The molecule has 2 heteroatoms. The molecule has 1 aromatic rings. The number of ketones is 1. The van der Waals surface area contributed by atoms with Crippen molar-refractivity contribution in [3.8, 4) is 0 Å². The molecule has 0 saturated carbocycles. The smallest absolute Gasteiger partial charge is 0.154 e. The van der Waals surface area contributed by atoms with Gasteiger partial charge in [0.25, 0.3) is 0 Å². The van der Waals surface area contributed by atoms with Crippen LogP contribution >= 0.6 is 0 Å². The van der Waals surface area contributed by atoms with Crippen molar-refractivity contribution in [1.29, 1.82) is 0 Å². The predicted octanol–water partition coefficient (Wildman–Crippen LogP) is 4.33. The summed E-state index contributed by atoms with van der Waals surface area (Å²) in [6, 6.07) is 11.7. The van der Waals surface area contributed by atoms with Crippen molar-refractivity contribution in [2.45, 2.75) is 45.8 Å². The largest absolute Gasteiger partial charge is 0.295 e. The molecule has 18 heavy (non-hydrogen) atoms. The Morgan fingerprint density at radius 2 is 1.72 bits per heavy atom. The highest BCUT2D eigenvalue weighted by Gasteiger charge is 2.25. The van der Waals surface area contributed by atoms with E-state index in [0.717, 1.165) is 12.5 Å². The van der Waals surface area contributed by atoms with Crippen LogP contribution in [0.1, 0.15) is 32.3 Å². The van der Waals surface area contributed by atoms with Gasteiger partial charge in [-0.25, -0.2) is 0 Å². The second-order valence-corrected chi connectivity index (χ2v) is 10.2. The quantitative estimate of drug-likeness (QED) is 0.549. The number of allylic oxidation sites excluding steroid dienone is 2. The van der Waals surface area contributed by atoms with E-state index < -0.39 is 8.07 Å². The predicted molar refractivity (Wildman–Crippen MR) is 81.3 cm³/mol. The van der Waals surface area contributed by atoms with E-state index in [-0.39, 0.29) is 5.78 Å². The molecule has 0 radical (unpaired) electrons. The molecule has 98 valence electrons. The number of carbonyl (C=O) groups excluding carboxylic acids is 1. The van der Waals surface area contributed by atoms with Gasteiger partial charge in [0.15, 0.2) is 5.78 Å². The van der Waals surface area contributed by atoms with E-state index in [0.29, 0.717) is 6.42 Å². The number of hydrogen-bond donors (Lipinski definition) is 0. The van der Waals surface area contributed by atoms with E-state index >= 15 is 0 Å². The van der Waals surface area contributed by atoms with E-state index in [1.807, 2.05) is 13.0 Å². The topological polar surface area (TPSA) is 17.1 Å². The van der Waals surface area contributed by atoms with Gasteiger partial charge in [-0.05, 0) is 18.5 Å². The van der Waals surface area contributed by atoms with Crippen LogP contribution in [0, 0.1) is 0 Å². The van der Waals surface area contributed by atoms with E-state index in [4.69, 9.17) is 0 Å². The molecule has 1 aromatic carbocycles. The Balaban J connectivity index is 2.90. The minimum atomic E-state index is -1.51. The summed E-state index contributed by atoms with van der Waals surface area (Å²) >= 11 is 0. The van der Waals surface area contributed by atoms with Crippen molar-refractivity contribution in [1.82, 2.24) is 0 Å². The second-order valence-electron chi connectivity index (χ2n) is 5.39. The van der Waals surface area contributed by atoms with Crippen LogP contribution < -0.4 is 0 Å². The molecule has 0 amide bonds. The fourth-order valence-corrected chi connectivity index (χ4v) is 5.28. The molecular formula is C16H24OSi. The molecule has 0 bridgehead atoms. The molecule has 0 saturated heterocycles. The van der Waals surface area contributed by atoms with Crippen LogP contribution in [0.3, 0.4) is 0 Å². The third-order valence-electron chi connectivity index (χ3n) is 3.42. The molecule has 0 fully saturated rings. The van der Waals surface area contributed by atoms with Crippen LogP contribution in [0.25, 0.3) is 0 Å². The van der Waals surface area contributed by atoms with E-state index in [1.54, 1.807) is 0 Å². The van der Waals surface area contributed by atoms with Gasteiger partial charge in [-0.1, -0.05) is 68.0 Å². The van der Waals surface area contributed by atoms with Crippen molar-refractivity contribution < 1.29 is 4.79 Å². The molecule has 0 spiro atoms. The van der Waals surface area contributed by atoms with E-state index in [1.165, 1.54) is 10.8 Å². The van der Waals surface area contributed by atoms with Crippen LogP contribution in [-0.4, -0.2) is 13.9 Å². The molecule has 0 heterocycles. The average Bonchev–Trinajstić information content (AvgIpc) is 2.36. The highest BCUT2D eigenvalue weighted by atomic mass is 28.3. The summed E-state index contributed by atoms with van der Waals surface area (Å²) in [6.07, 6.45) is 3.52. The first-order chi connectivity index (χ1) is 8.49. The minimum absolute atomic E-state index is 0.264. The highest BCUT2D eigenvalue weighted by Crippen LogP contribution is 2.23. The molecule has 1 nitrogen and oxygen atoms in total. The zero-order valence-electron chi connectivity index (χ0n) is 12.0. The van der Waals surface area contributed by atoms with E-state index in [2.05, 4.69) is 50.3 Å². The number of rotatable bonds is 6. The monoisotopic (exact) mass is 260 g/mol. The van der Waals surface area contributed by atoms with Crippen molar-refractivity contribution in [3.63, 3.8) is 0 Å². The molecule has 0 aromatic heterocycles. The molecule has 0 aliphatic heterocycles. The lowest BCUT2D eigenvalue weighted by atomic mass is 10.2. The summed E-state index contributed by atoms with van der Waals surface area (Å²) in [5.41, 5.74) is 1.39. The van der Waals surface area contributed by atoms with Gasteiger partial charge in [0.2, 0.25) is 0 Å². The van der Waals surface area contributed by atoms with Crippen LogP contribution in [-0.2, 0) is 10.8 Å². The van der Waals surface area contributed by atoms with Gasteiger partial charge in [-0.15, -0.1) is 0 Å². The first-order valence-electron chi connectivity index (χ1n) is 6.77. The van der Waals surface area contributed by atoms with Crippen molar-refractivity contribution >= 4 is 13.9 Å². The van der Waals surface area contributed by atoms with Crippen LogP contribution in [0.15, 0.2) is 41.6 Å². The first kappa shape index (κ1) is 14.9. The van der Waals surface area contributed by atoms with Gasteiger partial charge in [0, 0.05) is 6.42 Å². The van der Waals surface area contributed by atoms with Crippen molar-refractivity contribution in [2.75, 3.05) is 0 Å². The highest BCUT2D eigenvalue weighted by molar-refractivity contribution is 6.84. The summed E-state index contributed by atoms with van der Waals surface area (Å²) in [7, 11) is -1.51. The fraction of sp³-hybridized carbons (Fsp3) is 0.438. The van der Waals surface area contributed by atoms with Gasteiger partial charge in [-0.3, -0.25) is 4.79 Å². The first-order valence-corrected chi connectivity index (χ1v) is 9.98. The molecular weight excluding hydrogens is 236 g/mol. The Kier molecular flexibility index (Phi) is 5.54. The molecule has 0 unspecified atom stereocenters. The maximum Gasteiger partial charge on any atom is 0.154 e. The van der Waals surface area contributed by atoms with Gasteiger partial charge in [0.05, 0.1) is 8.07 Å². The minimum Gasteiger partial charge on any atom is -0.295 e. The van der Waals surface area contributed by atoms with Crippen LogP contribution in [0.4, 0.5) is 0 Å². The SMILES string of the molecule is CCC(=O)/C=C(/CC)[Si](C)(C)Cc1ccccc1. The summed E-state index contributed by atoms with van der Waals surface area (Å²) in [6.45, 7) is 8.81. The zero-order valence-corrected chi connectivity index (χ0v) is 13.0. The number of benzene rings is 1. The Morgan fingerprint density at radius 3 is 2.22 bits per heavy atom. The van der Waals surface area contributed by atoms with Crippen molar-refractivity contribution in [2.24, 2.45) is 0 Å². The van der Waals surface area contributed by atoms with E-state index in [9.17, 15) is 4.79 Å². The van der Waals surface area contributed by atoms with Gasteiger partial charge < -0.3 is 0 Å². The summed E-state index contributed by atoms with van der Waals surface area (Å²) < 4.78 is 0. The lowest BCUT2D eigenvalue weighted by Crippen LogP contribution is -2.33. The number of hydrogen-bond acceptors (Lipinski definition) is 1. The maximum absolute atomic E-state index is 11.6. The third kappa shape index (κ3) is 4.26. The average molecular weight is 260 g/mol. The lowest BCUT2D eigenvalue weighted by Gasteiger charge is -2.25. The van der Waals surface area contributed by atoms with Crippen molar-refractivity contribution in [3.05, 3.63) is 47.2 Å². The molecule has 0 atom stereocenters. The van der Waals surface area contributed by atoms with Gasteiger partial charge in [-0.2, -0.15) is 0 Å². The third-order valence-corrected chi connectivity index (χ3v) is 6.95. The molecule has 0 aliphatic rings. The molecule has 0 aliphatic carbocycles. The second kappa shape index (κ2) is 6.69. The Hall–Kier alpha value is -1.15. The summed E-state index contributed by atoms with van der Waals surface area (Å²) in [4.78, 5) is 11.6. The Labute approximate surface area is 112 Å². The van der Waals surface area contributed by atoms with Crippen LogP contribution in [0.2, 0.25) is 13.1 Å². The zero-order chi connectivity index (χ0) is 13.6. The van der Waals surface area contributed by atoms with Gasteiger partial charge >= 0.3 is 0 Å². The lowest BCUT2D eigenvalue weighted by molar-refractivity contribution is -0.114. The Morgan fingerprint density at radius 1 is 1.11 bits per heavy atom. The summed E-state index contributed by atoms with van der Waals surface area (Å²) in [5, 5.41) is 1.39. The van der Waals surface area contributed by atoms with Gasteiger partial charge in [0.1, 0.15) is 0 Å². The maximum atomic E-state index is 11.6. The number of carbonyl (C=O) groups is 1. The normalized spacial score (nSPS) is 12.6. The standard InChI is InChI=1S/C16H24OSi/c1-5-15(17)12-16(6-2)18(3,4)13-14-10-8-7-9-11-14/h7-12H,5-6,13H2,1-4H3/b16-12-. The summed E-state index contributed by atoms with van der Waals surface area (Å²) in [5.74, 6) is 0.264. The fourth-order valence-electron chi connectivity index (χ4n) is 2.29.